The molecule has 0 bridgehead atoms. The van der Waals surface area contributed by atoms with E-state index in [1.807, 2.05) is 0 Å². The minimum absolute atomic E-state index is 0.0154. The molecule has 0 aliphatic rings. The molecule has 0 radical (unpaired) electrons. The van der Waals surface area contributed by atoms with Crippen LogP contribution in [0.1, 0.15) is 26.3 Å². The first-order valence-corrected chi connectivity index (χ1v) is 13.5. The standard InChI is InChI=1S/C27H29ClFN3O4S/c1-19(2)30-27(34)20(3)31(17-21-13-15-22(29)16-14-21)26(33)18-32(25-12-8-7-11-24(25)28)37(35,36)23-9-5-4-6-10-23/h4-16,19-20H,17-18H2,1-3H3,(H,30,34)/t20-/m0/s1. The zero-order valence-electron chi connectivity index (χ0n) is 20.8. The molecule has 0 saturated carbocycles. The summed E-state index contributed by atoms with van der Waals surface area (Å²) in [5.41, 5.74) is 0.705. The van der Waals surface area contributed by atoms with Gasteiger partial charge in [-0.25, -0.2) is 12.8 Å². The van der Waals surface area contributed by atoms with Gasteiger partial charge < -0.3 is 10.2 Å². The Morgan fingerprint density at radius 1 is 0.919 bits per heavy atom. The van der Waals surface area contributed by atoms with Crippen molar-refractivity contribution in [3.63, 3.8) is 0 Å². The van der Waals surface area contributed by atoms with Crippen LogP contribution in [0.15, 0.2) is 83.8 Å². The number of hydrogen-bond acceptors (Lipinski definition) is 4. The summed E-state index contributed by atoms with van der Waals surface area (Å²) in [5, 5.41) is 2.92. The van der Waals surface area contributed by atoms with Gasteiger partial charge in [0.25, 0.3) is 10.0 Å². The van der Waals surface area contributed by atoms with Crippen LogP contribution in [0.2, 0.25) is 5.02 Å². The van der Waals surface area contributed by atoms with Crippen LogP contribution in [0.25, 0.3) is 0 Å². The van der Waals surface area contributed by atoms with E-state index in [2.05, 4.69) is 5.32 Å². The van der Waals surface area contributed by atoms with Gasteiger partial charge >= 0.3 is 0 Å². The molecule has 7 nitrogen and oxygen atoms in total. The van der Waals surface area contributed by atoms with Crippen molar-refractivity contribution < 1.29 is 22.4 Å². The molecule has 10 heteroatoms. The molecule has 0 aliphatic heterocycles. The molecule has 196 valence electrons. The minimum atomic E-state index is -4.20. The van der Waals surface area contributed by atoms with E-state index in [0.29, 0.717) is 5.56 Å². The van der Waals surface area contributed by atoms with Gasteiger partial charge in [-0.15, -0.1) is 0 Å². The zero-order chi connectivity index (χ0) is 27.2. The summed E-state index contributed by atoms with van der Waals surface area (Å²) in [6.45, 7) is 4.50. The Bertz CT molecular complexity index is 1340. The molecule has 0 aliphatic carbocycles. The smallest absolute Gasteiger partial charge is 0.264 e. The molecule has 3 aromatic carbocycles. The first-order valence-electron chi connectivity index (χ1n) is 11.7. The van der Waals surface area contributed by atoms with E-state index in [9.17, 15) is 22.4 Å². The summed E-state index contributed by atoms with van der Waals surface area (Å²) in [4.78, 5) is 27.9. The number of carbonyl (C=O) groups is 2. The third kappa shape index (κ3) is 7.08. The van der Waals surface area contributed by atoms with E-state index >= 15 is 0 Å². The minimum Gasteiger partial charge on any atom is -0.352 e. The van der Waals surface area contributed by atoms with E-state index in [-0.39, 0.29) is 28.2 Å². The lowest BCUT2D eigenvalue weighted by molar-refractivity contribution is -0.139. The molecule has 0 fully saturated rings. The van der Waals surface area contributed by atoms with Gasteiger partial charge in [-0.05, 0) is 62.7 Å². The van der Waals surface area contributed by atoms with Crippen LogP contribution in [0.5, 0.6) is 0 Å². The van der Waals surface area contributed by atoms with Crippen molar-refractivity contribution in [2.45, 2.75) is 44.3 Å². The number of halogens is 2. The summed E-state index contributed by atoms with van der Waals surface area (Å²) < 4.78 is 41.7. The Morgan fingerprint density at radius 3 is 2.11 bits per heavy atom. The van der Waals surface area contributed by atoms with Gasteiger partial charge in [-0.3, -0.25) is 13.9 Å². The number of nitrogens with zero attached hydrogens (tertiary/aromatic N) is 2. The molecule has 0 saturated heterocycles. The monoisotopic (exact) mass is 545 g/mol. The Kier molecular flexibility index (Phi) is 9.29. The topological polar surface area (TPSA) is 86.8 Å². The van der Waals surface area contributed by atoms with Crippen molar-refractivity contribution in [3.05, 3.63) is 95.3 Å². The average molecular weight is 546 g/mol. The number of sulfonamides is 1. The molecule has 0 heterocycles. The van der Waals surface area contributed by atoms with Crippen LogP contribution in [0.3, 0.4) is 0 Å². The second-order valence-corrected chi connectivity index (χ2v) is 11.0. The first kappa shape index (κ1) is 28.1. The molecule has 1 N–H and O–H groups in total. The highest BCUT2D eigenvalue weighted by Gasteiger charge is 2.33. The van der Waals surface area contributed by atoms with Crippen LogP contribution in [0.4, 0.5) is 10.1 Å². The van der Waals surface area contributed by atoms with Gasteiger partial charge in [0.2, 0.25) is 11.8 Å². The predicted molar refractivity (Wildman–Crippen MR) is 142 cm³/mol. The summed E-state index contributed by atoms with van der Waals surface area (Å²) in [6.07, 6.45) is 0. The second-order valence-electron chi connectivity index (χ2n) is 8.76. The largest absolute Gasteiger partial charge is 0.352 e. The fourth-order valence-corrected chi connectivity index (χ4v) is 5.40. The number of rotatable bonds is 10. The fourth-order valence-electron chi connectivity index (χ4n) is 3.66. The molecule has 37 heavy (non-hydrogen) atoms. The van der Waals surface area contributed by atoms with Gasteiger partial charge in [0.05, 0.1) is 15.6 Å². The van der Waals surface area contributed by atoms with Crippen LogP contribution in [-0.4, -0.2) is 43.8 Å². The van der Waals surface area contributed by atoms with Gasteiger partial charge in [0, 0.05) is 12.6 Å². The molecular formula is C27H29ClFN3O4S. The van der Waals surface area contributed by atoms with Gasteiger partial charge in [-0.1, -0.05) is 54.1 Å². The second kappa shape index (κ2) is 12.2. The lowest BCUT2D eigenvalue weighted by atomic mass is 10.1. The molecule has 1 atom stereocenters. The van der Waals surface area contributed by atoms with E-state index in [1.165, 1.54) is 53.4 Å². The van der Waals surface area contributed by atoms with Crippen molar-refractivity contribution >= 4 is 39.1 Å². The summed E-state index contributed by atoms with van der Waals surface area (Å²) in [7, 11) is -4.20. The van der Waals surface area contributed by atoms with Crippen LogP contribution in [-0.2, 0) is 26.2 Å². The van der Waals surface area contributed by atoms with Crippen LogP contribution >= 0.6 is 11.6 Å². The van der Waals surface area contributed by atoms with E-state index in [0.717, 1.165) is 4.31 Å². The number of carbonyl (C=O) groups excluding carboxylic acids is 2. The average Bonchev–Trinajstić information content (AvgIpc) is 2.87. The van der Waals surface area contributed by atoms with Crippen molar-refractivity contribution in [2.24, 2.45) is 0 Å². The molecule has 0 unspecified atom stereocenters. The lowest BCUT2D eigenvalue weighted by Gasteiger charge is -2.32. The fraction of sp³-hybridized carbons (Fsp3) is 0.259. The molecular weight excluding hydrogens is 517 g/mol. The van der Waals surface area contributed by atoms with Crippen LogP contribution < -0.4 is 9.62 Å². The molecule has 0 spiro atoms. The SMILES string of the molecule is CC(C)NC(=O)[C@H](C)N(Cc1ccc(F)cc1)C(=O)CN(c1ccccc1Cl)S(=O)(=O)c1ccccc1. The number of anilines is 1. The van der Waals surface area contributed by atoms with E-state index in [1.54, 1.807) is 51.1 Å². The Labute approximate surface area is 221 Å². The normalized spacial score (nSPS) is 12.2. The Balaban J connectivity index is 2.02. The third-order valence-corrected chi connectivity index (χ3v) is 7.69. The highest BCUT2D eigenvalue weighted by Crippen LogP contribution is 2.30. The predicted octanol–water partition coefficient (Wildman–Crippen LogP) is 4.62. The number of amides is 2. The highest BCUT2D eigenvalue weighted by molar-refractivity contribution is 7.92. The van der Waals surface area contributed by atoms with Gasteiger partial charge in [0.1, 0.15) is 18.4 Å². The number of nitrogens with one attached hydrogen (secondary N) is 1. The summed E-state index contributed by atoms with van der Waals surface area (Å²) in [6, 6.07) is 18.4. The summed E-state index contributed by atoms with van der Waals surface area (Å²) >= 11 is 6.36. The van der Waals surface area contributed by atoms with Crippen LogP contribution in [0, 0.1) is 5.82 Å². The quantitative estimate of drug-likeness (QED) is 0.403. The maximum absolute atomic E-state index is 13.7. The molecule has 0 aromatic heterocycles. The molecule has 3 aromatic rings. The van der Waals surface area contributed by atoms with Crippen molar-refractivity contribution in [1.29, 1.82) is 0 Å². The number of benzene rings is 3. The maximum Gasteiger partial charge on any atom is 0.264 e. The Hall–Kier alpha value is -3.43. The van der Waals surface area contributed by atoms with E-state index in [4.69, 9.17) is 11.6 Å². The Morgan fingerprint density at radius 2 is 1.51 bits per heavy atom. The molecule has 2 amide bonds. The first-order chi connectivity index (χ1) is 17.5. The van der Waals surface area contributed by atoms with Gasteiger partial charge in [0.15, 0.2) is 0 Å². The third-order valence-electron chi connectivity index (χ3n) is 5.60. The molecule has 3 rings (SSSR count). The van der Waals surface area contributed by atoms with Gasteiger partial charge in [-0.2, -0.15) is 0 Å². The van der Waals surface area contributed by atoms with Crippen molar-refractivity contribution in [3.8, 4) is 0 Å². The zero-order valence-corrected chi connectivity index (χ0v) is 22.3. The van der Waals surface area contributed by atoms with Crippen molar-refractivity contribution in [1.82, 2.24) is 10.2 Å². The van der Waals surface area contributed by atoms with E-state index < -0.39 is 40.2 Å². The number of para-hydroxylation sites is 1. The maximum atomic E-state index is 13.7. The highest BCUT2D eigenvalue weighted by atomic mass is 35.5. The van der Waals surface area contributed by atoms with Crippen molar-refractivity contribution in [2.75, 3.05) is 10.8 Å². The summed E-state index contributed by atoms with van der Waals surface area (Å²) in [5.74, 6) is -1.47. The lowest BCUT2D eigenvalue weighted by Crippen LogP contribution is -2.52. The number of hydrogen-bond donors (Lipinski definition) is 1.